The third kappa shape index (κ3) is 4.24. The molecule has 1 aromatic heterocycles. The number of rotatable bonds is 3. The van der Waals surface area contributed by atoms with E-state index in [0.29, 0.717) is 5.69 Å². The number of aryl methyl sites for hydroxylation is 1. The van der Waals surface area contributed by atoms with Crippen LogP contribution in [0.25, 0.3) is 11.1 Å². The number of alkyl halides is 6. The maximum atomic E-state index is 13.2. The number of halogens is 6. The number of hydrogen-bond donors (Lipinski definition) is 0. The van der Waals surface area contributed by atoms with Gasteiger partial charge in [-0.25, -0.2) is 0 Å². The second-order valence-corrected chi connectivity index (χ2v) is 5.88. The summed E-state index contributed by atoms with van der Waals surface area (Å²) in [5.74, 6) is -0.858. The molecule has 3 aromatic rings. The topological polar surface area (TPSA) is 35.0 Å². The molecule has 0 saturated carbocycles. The van der Waals surface area contributed by atoms with Crippen molar-refractivity contribution < 1.29 is 31.1 Å². The summed E-state index contributed by atoms with van der Waals surface area (Å²) in [6.07, 6.45) is -9.25. The summed E-state index contributed by atoms with van der Waals surface area (Å²) in [4.78, 5) is 0. The molecule has 0 amide bonds. The molecule has 0 atom stereocenters. The first-order chi connectivity index (χ1) is 13.1. The van der Waals surface area contributed by atoms with E-state index in [9.17, 15) is 26.3 Å². The van der Waals surface area contributed by atoms with Crippen molar-refractivity contribution in [1.82, 2.24) is 10.2 Å². The van der Waals surface area contributed by atoms with Crippen molar-refractivity contribution in [2.75, 3.05) is 0 Å². The van der Waals surface area contributed by atoms with Crippen molar-refractivity contribution >= 4 is 0 Å². The van der Waals surface area contributed by atoms with E-state index in [2.05, 4.69) is 10.2 Å². The summed E-state index contributed by atoms with van der Waals surface area (Å²) in [6.45, 7) is 1.55. The molecule has 2 aromatic carbocycles. The van der Waals surface area contributed by atoms with Crippen LogP contribution in [-0.2, 0) is 12.4 Å². The second-order valence-electron chi connectivity index (χ2n) is 5.88. The Kier molecular flexibility index (Phi) is 5.01. The van der Waals surface area contributed by atoms with Crippen molar-refractivity contribution in [2.24, 2.45) is 0 Å². The Hall–Kier alpha value is -3.10. The van der Waals surface area contributed by atoms with Crippen molar-refractivity contribution in [3.05, 3.63) is 71.4 Å². The standard InChI is InChI=1S/C19H12F6N2O/c1-11-9-14(12-5-4-6-13(10-12)18(20,21)22)17(27-26-11)28-16-8-3-2-7-15(16)19(23,24)25/h2-10H,1H3. The fourth-order valence-corrected chi connectivity index (χ4v) is 2.52. The molecule has 0 saturated heterocycles. The molecule has 0 aliphatic heterocycles. The Balaban J connectivity index is 2.09. The maximum Gasteiger partial charge on any atom is 0.419 e. The fraction of sp³-hybridized carbons (Fsp3) is 0.158. The van der Waals surface area contributed by atoms with E-state index < -0.39 is 29.2 Å². The molecule has 146 valence electrons. The molecule has 0 N–H and O–H groups in total. The van der Waals surface area contributed by atoms with E-state index in [4.69, 9.17) is 4.74 Å². The van der Waals surface area contributed by atoms with Crippen molar-refractivity contribution in [3.8, 4) is 22.8 Å². The van der Waals surface area contributed by atoms with Crippen LogP contribution in [0.1, 0.15) is 16.8 Å². The number of nitrogens with zero attached hydrogens (tertiary/aromatic N) is 2. The number of para-hydroxylation sites is 1. The number of aromatic nitrogens is 2. The zero-order valence-corrected chi connectivity index (χ0v) is 14.3. The van der Waals surface area contributed by atoms with E-state index in [-0.39, 0.29) is 17.0 Å². The Labute approximate surface area is 155 Å². The average Bonchev–Trinajstić information content (AvgIpc) is 2.62. The quantitative estimate of drug-likeness (QED) is 0.487. The highest BCUT2D eigenvalue weighted by atomic mass is 19.4. The second kappa shape index (κ2) is 7.14. The Morgan fingerprint density at radius 1 is 0.786 bits per heavy atom. The predicted octanol–water partition coefficient (Wildman–Crippen LogP) is 6.28. The first-order valence-corrected chi connectivity index (χ1v) is 7.92. The molecule has 0 radical (unpaired) electrons. The summed E-state index contributed by atoms with van der Waals surface area (Å²) >= 11 is 0. The summed E-state index contributed by atoms with van der Waals surface area (Å²) < 4.78 is 83.9. The third-order valence-corrected chi connectivity index (χ3v) is 3.78. The van der Waals surface area contributed by atoms with Gasteiger partial charge >= 0.3 is 12.4 Å². The van der Waals surface area contributed by atoms with Crippen LogP contribution in [0.2, 0.25) is 0 Å². The van der Waals surface area contributed by atoms with Crippen molar-refractivity contribution in [1.29, 1.82) is 0 Å². The zero-order chi connectivity index (χ0) is 20.5. The van der Waals surface area contributed by atoms with Gasteiger partial charge in [0.15, 0.2) is 0 Å². The fourth-order valence-electron chi connectivity index (χ4n) is 2.52. The molecule has 0 spiro atoms. The van der Waals surface area contributed by atoms with Crippen LogP contribution >= 0.6 is 0 Å². The van der Waals surface area contributed by atoms with E-state index in [1.807, 2.05) is 0 Å². The van der Waals surface area contributed by atoms with Gasteiger partial charge in [0.2, 0.25) is 5.88 Å². The molecular weight excluding hydrogens is 386 g/mol. The molecule has 3 rings (SSSR count). The van der Waals surface area contributed by atoms with Crippen molar-refractivity contribution in [2.45, 2.75) is 19.3 Å². The Morgan fingerprint density at radius 3 is 2.18 bits per heavy atom. The van der Waals surface area contributed by atoms with E-state index in [1.165, 1.54) is 30.3 Å². The van der Waals surface area contributed by atoms with Crippen LogP contribution in [0.4, 0.5) is 26.3 Å². The minimum atomic E-state index is -4.68. The van der Waals surface area contributed by atoms with Crippen molar-refractivity contribution in [3.63, 3.8) is 0 Å². The highest BCUT2D eigenvalue weighted by Gasteiger charge is 2.35. The average molecular weight is 398 g/mol. The van der Waals surface area contributed by atoms with Gasteiger partial charge in [0, 0.05) is 5.56 Å². The smallest absolute Gasteiger partial charge is 0.419 e. The normalized spacial score (nSPS) is 12.1. The highest BCUT2D eigenvalue weighted by Crippen LogP contribution is 2.40. The van der Waals surface area contributed by atoms with Crippen LogP contribution < -0.4 is 4.74 Å². The third-order valence-electron chi connectivity index (χ3n) is 3.78. The number of ether oxygens (including phenoxy) is 1. The number of benzene rings is 2. The first kappa shape index (κ1) is 19.7. The molecular formula is C19H12F6N2O. The predicted molar refractivity (Wildman–Crippen MR) is 88.7 cm³/mol. The first-order valence-electron chi connectivity index (χ1n) is 7.92. The van der Waals surface area contributed by atoms with E-state index in [0.717, 1.165) is 24.3 Å². The number of hydrogen-bond acceptors (Lipinski definition) is 3. The largest absolute Gasteiger partial charge is 0.436 e. The Bertz CT molecular complexity index is 998. The molecule has 0 bridgehead atoms. The van der Waals surface area contributed by atoms with Crippen LogP contribution in [0, 0.1) is 6.92 Å². The van der Waals surface area contributed by atoms with Crippen LogP contribution in [0.5, 0.6) is 11.6 Å². The molecule has 0 unspecified atom stereocenters. The lowest BCUT2D eigenvalue weighted by molar-refractivity contribution is -0.139. The highest BCUT2D eigenvalue weighted by molar-refractivity contribution is 5.70. The molecule has 0 aliphatic rings. The van der Waals surface area contributed by atoms with Gasteiger partial charge in [-0.1, -0.05) is 24.3 Å². The lowest BCUT2D eigenvalue weighted by Gasteiger charge is -2.15. The van der Waals surface area contributed by atoms with Gasteiger partial charge < -0.3 is 4.74 Å². The monoisotopic (exact) mass is 398 g/mol. The SMILES string of the molecule is Cc1cc(-c2cccc(C(F)(F)F)c2)c(Oc2ccccc2C(F)(F)F)nn1. The zero-order valence-electron chi connectivity index (χ0n) is 14.3. The lowest BCUT2D eigenvalue weighted by atomic mass is 10.0. The molecule has 9 heteroatoms. The van der Waals surface area contributed by atoms with Crippen LogP contribution in [0.3, 0.4) is 0 Å². The van der Waals surface area contributed by atoms with Gasteiger partial charge in [0.25, 0.3) is 0 Å². The van der Waals surface area contributed by atoms with Crippen LogP contribution in [-0.4, -0.2) is 10.2 Å². The van der Waals surface area contributed by atoms with Gasteiger partial charge in [0.1, 0.15) is 5.75 Å². The summed E-state index contributed by atoms with van der Waals surface area (Å²) in [5, 5.41) is 7.49. The van der Waals surface area contributed by atoms with E-state index in [1.54, 1.807) is 6.92 Å². The van der Waals surface area contributed by atoms with Gasteiger partial charge in [-0.2, -0.15) is 31.4 Å². The van der Waals surface area contributed by atoms with Gasteiger partial charge in [-0.3, -0.25) is 0 Å². The Morgan fingerprint density at radius 2 is 1.50 bits per heavy atom. The molecule has 0 fully saturated rings. The van der Waals surface area contributed by atoms with E-state index >= 15 is 0 Å². The minimum Gasteiger partial charge on any atom is -0.436 e. The summed E-state index contributed by atoms with van der Waals surface area (Å²) in [7, 11) is 0. The van der Waals surface area contributed by atoms with Gasteiger partial charge in [-0.05, 0) is 42.8 Å². The van der Waals surface area contributed by atoms with Gasteiger partial charge in [-0.15, -0.1) is 5.10 Å². The molecule has 3 nitrogen and oxygen atoms in total. The summed E-state index contributed by atoms with van der Waals surface area (Å²) in [5.41, 5.74) is -1.39. The maximum absolute atomic E-state index is 13.2. The minimum absolute atomic E-state index is 0.0901. The van der Waals surface area contributed by atoms with Gasteiger partial charge in [0.05, 0.1) is 16.8 Å². The lowest BCUT2D eigenvalue weighted by Crippen LogP contribution is -2.08. The summed E-state index contributed by atoms with van der Waals surface area (Å²) in [6, 6.07) is 10.2. The molecule has 28 heavy (non-hydrogen) atoms. The van der Waals surface area contributed by atoms with Crippen LogP contribution in [0.15, 0.2) is 54.6 Å². The molecule has 1 heterocycles. The molecule has 0 aliphatic carbocycles.